The second-order valence-corrected chi connectivity index (χ2v) is 8.22. The van der Waals surface area contributed by atoms with E-state index in [9.17, 15) is 13.5 Å². The fraction of sp³-hybridized carbons (Fsp3) is 1.00. The summed E-state index contributed by atoms with van der Waals surface area (Å²) in [4.78, 5) is 0. The second kappa shape index (κ2) is 4.21. The van der Waals surface area contributed by atoms with Gasteiger partial charge in [-0.25, -0.2) is 8.42 Å². The van der Waals surface area contributed by atoms with E-state index in [0.29, 0.717) is 25.2 Å². The fourth-order valence-electron chi connectivity index (χ4n) is 3.40. The van der Waals surface area contributed by atoms with Crippen LogP contribution in [0.4, 0.5) is 0 Å². The molecule has 0 spiro atoms. The van der Waals surface area contributed by atoms with Crippen molar-refractivity contribution in [2.24, 2.45) is 17.1 Å². The third-order valence-corrected chi connectivity index (χ3v) is 6.69. The first-order chi connectivity index (χ1) is 7.83. The Kier molecular flexibility index (Phi) is 3.30. The van der Waals surface area contributed by atoms with Crippen LogP contribution in [-0.4, -0.2) is 37.2 Å². The monoisotopic (exact) mass is 261 g/mol. The molecule has 1 saturated carbocycles. The highest BCUT2D eigenvalue weighted by Gasteiger charge is 2.55. The highest BCUT2D eigenvalue weighted by Crippen LogP contribution is 2.49. The minimum atomic E-state index is -3.01. The van der Waals surface area contributed by atoms with Crippen molar-refractivity contribution < 1.29 is 13.5 Å². The topological polar surface area (TPSA) is 80.4 Å². The molecule has 2 aliphatic rings. The number of rotatable bonds is 2. The Bertz CT molecular complexity index is 385. The molecule has 1 aliphatic heterocycles. The number of sulfone groups is 1. The summed E-state index contributed by atoms with van der Waals surface area (Å²) in [5.41, 5.74) is 4.36. The van der Waals surface area contributed by atoms with Crippen molar-refractivity contribution in [2.75, 3.05) is 18.1 Å². The lowest BCUT2D eigenvalue weighted by molar-refractivity contribution is -0.100. The lowest BCUT2D eigenvalue weighted by Gasteiger charge is -2.47. The van der Waals surface area contributed by atoms with Crippen molar-refractivity contribution in [3.8, 4) is 0 Å². The van der Waals surface area contributed by atoms with Gasteiger partial charge in [0.25, 0.3) is 0 Å². The van der Waals surface area contributed by atoms with E-state index in [0.717, 1.165) is 12.8 Å². The van der Waals surface area contributed by atoms with E-state index in [1.165, 1.54) is 0 Å². The van der Waals surface area contributed by atoms with E-state index in [1.54, 1.807) is 0 Å². The van der Waals surface area contributed by atoms with Crippen LogP contribution >= 0.6 is 0 Å². The zero-order chi connectivity index (χ0) is 12.7. The lowest BCUT2D eigenvalue weighted by Crippen LogP contribution is -2.55. The van der Waals surface area contributed by atoms with E-state index in [1.807, 2.05) is 0 Å². The zero-order valence-corrected chi connectivity index (χ0v) is 11.3. The molecule has 0 bridgehead atoms. The van der Waals surface area contributed by atoms with Crippen LogP contribution in [0.15, 0.2) is 0 Å². The fourth-order valence-corrected chi connectivity index (χ4v) is 5.62. The average molecular weight is 261 g/mol. The minimum absolute atomic E-state index is 0.0708. The van der Waals surface area contributed by atoms with Gasteiger partial charge in [-0.05, 0) is 38.0 Å². The highest BCUT2D eigenvalue weighted by molar-refractivity contribution is 7.91. The Labute approximate surface area is 104 Å². The average Bonchev–Trinajstić information content (AvgIpc) is 2.61. The second-order valence-electron chi connectivity index (χ2n) is 6.04. The SMILES string of the molecule is CC1CCC(O)(C2(CN)CCS(=O)(=O)C2)CC1. The van der Waals surface area contributed by atoms with Crippen LogP contribution in [0.1, 0.15) is 39.0 Å². The third kappa shape index (κ3) is 2.25. The standard InChI is InChI=1S/C12H23NO3S/c1-10-2-4-12(14,5-3-10)11(8-13)6-7-17(15,16)9-11/h10,14H,2-9,13H2,1H3. The van der Waals surface area contributed by atoms with Gasteiger partial charge in [0.2, 0.25) is 0 Å². The molecule has 4 nitrogen and oxygen atoms in total. The van der Waals surface area contributed by atoms with Gasteiger partial charge in [0.15, 0.2) is 9.84 Å². The molecule has 1 heterocycles. The first-order valence-corrected chi connectivity index (χ1v) is 8.28. The van der Waals surface area contributed by atoms with E-state index in [2.05, 4.69) is 6.92 Å². The predicted molar refractivity (Wildman–Crippen MR) is 67.3 cm³/mol. The van der Waals surface area contributed by atoms with Crippen LogP contribution < -0.4 is 5.73 Å². The number of hydrogen-bond donors (Lipinski definition) is 2. The first-order valence-electron chi connectivity index (χ1n) is 6.45. The van der Waals surface area contributed by atoms with Crippen molar-refractivity contribution >= 4 is 9.84 Å². The molecule has 2 fully saturated rings. The molecule has 17 heavy (non-hydrogen) atoms. The Morgan fingerprint density at radius 3 is 2.29 bits per heavy atom. The quantitative estimate of drug-likeness (QED) is 0.766. The van der Waals surface area contributed by atoms with E-state index in [-0.39, 0.29) is 18.1 Å². The predicted octanol–water partition coefficient (Wildman–Crippen LogP) is 0.691. The summed E-state index contributed by atoms with van der Waals surface area (Å²) in [6.45, 7) is 2.46. The van der Waals surface area contributed by atoms with Gasteiger partial charge in [-0.2, -0.15) is 0 Å². The third-order valence-electron chi connectivity index (χ3n) is 4.87. The molecule has 1 atom stereocenters. The summed E-state index contributed by atoms with van der Waals surface area (Å²) in [5, 5.41) is 10.8. The summed E-state index contributed by atoms with van der Waals surface area (Å²) in [5.74, 6) is 0.881. The Morgan fingerprint density at radius 2 is 1.88 bits per heavy atom. The van der Waals surface area contributed by atoms with Crippen LogP contribution in [0, 0.1) is 11.3 Å². The number of hydrogen-bond acceptors (Lipinski definition) is 4. The van der Waals surface area contributed by atoms with Gasteiger partial charge < -0.3 is 10.8 Å². The van der Waals surface area contributed by atoms with Crippen LogP contribution in [0.25, 0.3) is 0 Å². The summed E-state index contributed by atoms with van der Waals surface area (Å²) >= 11 is 0. The van der Waals surface area contributed by atoms with Gasteiger partial charge in [0.1, 0.15) is 0 Å². The normalized spacial score (nSPS) is 45.9. The number of nitrogens with two attached hydrogens (primary N) is 1. The van der Waals surface area contributed by atoms with Gasteiger partial charge >= 0.3 is 0 Å². The maximum Gasteiger partial charge on any atom is 0.151 e. The summed E-state index contributed by atoms with van der Waals surface area (Å²) in [6, 6.07) is 0. The van der Waals surface area contributed by atoms with Gasteiger partial charge in [0, 0.05) is 12.0 Å². The smallest absolute Gasteiger partial charge is 0.151 e. The van der Waals surface area contributed by atoms with E-state index >= 15 is 0 Å². The molecule has 1 saturated heterocycles. The lowest BCUT2D eigenvalue weighted by atomic mass is 9.63. The van der Waals surface area contributed by atoms with Crippen LogP contribution in [0.3, 0.4) is 0 Å². The Balaban J connectivity index is 2.24. The molecule has 0 aromatic heterocycles. The molecular formula is C12H23NO3S. The molecule has 0 radical (unpaired) electrons. The molecule has 1 unspecified atom stereocenters. The molecule has 100 valence electrons. The van der Waals surface area contributed by atoms with Gasteiger partial charge in [0.05, 0.1) is 17.1 Å². The summed E-state index contributed by atoms with van der Waals surface area (Å²) < 4.78 is 23.4. The summed E-state index contributed by atoms with van der Waals surface area (Å²) in [7, 11) is -3.01. The molecular weight excluding hydrogens is 238 g/mol. The van der Waals surface area contributed by atoms with E-state index < -0.39 is 20.9 Å². The molecule has 3 N–H and O–H groups in total. The summed E-state index contributed by atoms with van der Waals surface area (Å²) in [6.07, 6.45) is 3.86. The first kappa shape index (κ1) is 13.3. The molecule has 5 heteroatoms. The molecule has 2 rings (SSSR count). The zero-order valence-electron chi connectivity index (χ0n) is 10.5. The highest BCUT2D eigenvalue weighted by atomic mass is 32.2. The molecule has 0 aromatic carbocycles. The number of aliphatic hydroxyl groups is 1. The molecule has 0 aromatic rings. The van der Waals surface area contributed by atoms with Crippen molar-refractivity contribution in [1.29, 1.82) is 0 Å². The van der Waals surface area contributed by atoms with Gasteiger partial charge in [-0.3, -0.25) is 0 Å². The van der Waals surface area contributed by atoms with Crippen molar-refractivity contribution in [1.82, 2.24) is 0 Å². The Morgan fingerprint density at radius 1 is 1.29 bits per heavy atom. The van der Waals surface area contributed by atoms with E-state index in [4.69, 9.17) is 5.73 Å². The van der Waals surface area contributed by atoms with Crippen LogP contribution in [-0.2, 0) is 9.84 Å². The molecule has 1 aliphatic carbocycles. The maximum atomic E-state index is 11.7. The van der Waals surface area contributed by atoms with Crippen molar-refractivity contribution in [3.05, 3.63) is 0 Å². The van der Waals surface area contributed by atoms with Crippen molar-refractivity contribution in [3.63, 3.8) is 0 Å². The molecule has 0 amide bonds. The van der Waals surface area contributed by atoms with Gasteiger partial charge in [-0.1, -0.05) is 6.92 Å². The van der Waals surface area contributed by atoms with Gasteiger partial charge in [-0.15, -0.1) is 0 Å². The minimum Gasteiger partial charge on any atom is -0.389 e. The van der Waals surface area contributed by atoms with Crippen molar-refractivity contribution in [2.45, 2.75) is 44.6 Å². The largest absolute Gasteiger partial charge is 0.389 e. The van der Waals surface area contributed by atoms with Crippen LogP contribution in [0.5, 0.6) is 0 Å². The maximum absolute atomic E-state index is 11.7. The van der Waals surface area contributed by atoms with Crippen LogP contribution in [0.2, 0.25) is 0 Å². The Hall–Kier alpha value is -0.130.